The Kier molecular flexibility index (Phi) is 3.70. The molecule has 0 radical (unpaired) electrons. The van der Waals surface area contributed by atoms with Crippen molar-refractivity contribution in [2.45, 2.75) is 13.8 Å². The minimum Gasteiger partial charge on any atom is -0.257 e. The summed E-state index contributed by atoms with van der Waals surface area (Å²) in [6.45, 7) is 4.00. The standard InChI is InChI=1S/C9H6ClN3.C2H6/c1-13-9(5-11)7-3-2-6(10)4-8(7)12-13;1-2/h2-4H,1H3;1-2H3. The molecule has 0 aliphatic carbocycles. The molecular formula is C11H12ClN3. The van der Waals surface area contributed by atoms with Crippen LogP contribution in [0.5, 0.6) is 0 Å². The number of benzene rings is 1. The molecule has 0 spiro atoms. The highest BCUT2D eigenvalue weighted by Gasteiger charge is 2.07. The third kappa shape index (κ3) is 2.11. The van der Waals surface area contributed by atoms with Crippen molar-refractivity contribution in [2.24, 2.45) is 7.05 Å². The molecule has 0 aliphatic heterocycles. The SMILES string of the molecule is CC.Cn1nc2cc(Cl)ccc2c1C#N. The van der Waals surface area contributed by atoms with E-state index in [0.29, 0.717) is 10.7 Å². The smallest absolute Gasteiger partial charge is 0.146 e. The van der Waals surface area contributed by atoms with Crippen molar-refractivity contribution in [3.63, 3.8) is 0 Å². The van der Waals surface area contributed by atoms with Crippen molar-refractivity contribution in [1.82, 2.24) is 9.78 Å². The van der Waals surface area contributed by atoms with Gasteiger partial charge in [-0.25, -0.2) is 0 Å². The summed E-state index contributed by atoms with van der Waals surface area (Å²) >= 11 is 5.79. The van der Waals surface area contributed by atoms with Crippen LogP contribution in [-0.4, -0.2) is 9.78 Å². The lowest BCUT2D eigenvalue weighted by atomic mass is 10.2. The highest BCUT2D eigenvalue weighted by atomic mass is 35.5. The van der Waals surface area contributed by atoms with Crippen LogP contribution in [0.3, 0.4) is 0 Å². The Labute approximate surface area is 93.9 Å². The summed E-state index contributed by atoms with van der Waals surface area (Å²) < 4.78 is 1.56. The van der Waals surface area contributed by atoms with E-state index in [2.05, 4.69) is 11.2 Å². The van der Waals surface area contributed by atoms with Crippen LogP contribution in [0, 0.1) is 11.3 Å². The first kappa shape index (κ1) is 11.5. The number of hydrogen-bond donors (Lipinski definition) is 0. The largest absolute Gasteiger partial charge is 0.257 e. The van der Waals surface area contributed by atoms with Gasteiger partial charge in [-0.15, -0.1) is 0 Å². The zero-order valence-corrected chi connectivity index (χ0v) is 9.71. The molecule has 0 amide bonds. The topological polar surface area (TPSA) is 41.6 Å². The Balaban J connectivity index is 0.000000531. The van der Waals surface area contributed by atoms with E-state index in [1.54, 1.807) is 23.9 Å². The van der Waals surface area contributed by atoms with Gasteiger partial charge in [0.1, 0.15) is 11.8 Å². The molecule has 2 rings (SSSR count). The van der Waals surface area contributed by atoms with E-state index in [9.17, 15) is 0 Å². The van der Waals surface area contributed by atoms with Crippen molar-refractivity contribution in [2.75, 3.05) is 0 Å². The van der Waals surface area contributed by atoms with Gasteiger partial charge in [-0.2, -0.15) is 10.4 Å². The maximum Gasteiger partial charge on any atom is 0.146 e. The van der Waals surface area contributed by atoms with E-state index in [-0.39, 0.29) is 0 Å². The minimum atomic E-state index is 0.562. The van der Waals surface area contributed by atoms with Crippen molar-refractivity contribution >= 4 is 22.5 Å². The molecule has 0 unspecified atom stereocenters. The summed E-state index contributed by atoms with van der Waals surface area (Å²) in [5.74, 6) is 0. The molecule has 1 aromatic carbocycles. The molecular weight excluding hydrogens is 210 g/mol. The quantitative estimate of drug-likeness (QED) is 0.686. The molecule has 15 heavy (non-hydrogen) atoms. The van der Waals surface area contributed by atoms with Crippen LogP contribution >= 0.6 is 11.6 Å². The van der Waals surface area contributed by atoms with E-state index in [1.807, 2.05) is 19.9 Å². The number of nitriles is 1. The molecule has 0 bridgehead atoms. The maximum absolute atomic E-state index is 8.83. The fraction of sp³-hybridized carbons (Fsp3) is 0.273. The Morgan fingerprint density at radius 3 is 2.67 bits per heavy atom. The third-order valence-corrected chi connectivity index (χ3v) is 2.14. The van der Waals surface area contributed by atoms with E-state index in [4.69, 9.17) is 16.9 Å². The van der Waals surface area contributed by atoms with Crippen LogP contribution in [0.25, 0.3) is 10.9 Å². The molecule has 0 aliphatic rings. The van der Waals surface area contributed by atoms with Crippen LogP contribution in [0.15, 0.2) is 18.2 Å². The second kappa shape index (κ2) is 4.81. The number of fused-ring (bicyclic) bond motifs is 1. The van der Waals surface area contributed by atoms with Crippen LogP contribution in [0.2, 0.25) is 5.02 Å². The number of aromatic nitrogens is 2. The molecule has 78 valence electrons. The molecule has 3 nitrogen and oxygen atoms in total. The molecule has 1 heterocycles. The second-order valence-corrected chi connectivity index (χ2v) is 3.18. The van der Waals surface area contributed by atoms with Crippen molar-refractivity contribution in [3.8, 4) is 6.07 Å². The van der Waals surface area contributed by atoms with Crippen LogP contribution in [0.4, 0.5) is 0 Å². The number of aryl methyl sites for hydroxylation is 1. The minimum absolute atomic E-state index is 0.562. The highest BCUT2D eigenvalue weighted by Crippen LogP contribution is 2.20. The van der Waals surface area contributed by atoms with Gasteiger partial charge in [-0.1, -0.05) is 25.4 Å². The van der Waals surface area contributed by atoms with Gasteiger partial charge in [0.2, 0.25) is 0 Å². The van der Waals surface area contributed by atoms with Gasteiger partial charge in [0.15, 0.2) is 0 Å². The van der Waals surface area contributed by atoms with E-state index in [1.165, 1.54) is 0 Å². The summed E-state index contributed by atoms with van der Waals surface area (Å²) in [5, 5.41) is 14.5. The average Bonchev–Trinajstić information content (AvgIpc) is 2.55. The van der Waals surface area contributed by atoms with E-state index >= 15 is 0 Å². The molecule has 2 aromatic rings. The first-order chi connectivity index (χ1) is 7.22. The first-order valence-corrected chi connectivity index (χ1v) is 5.12. The number of rotatable bonds is 0. The summed E-state index contributed by atoms with van der Waals surface area (Å²) in [6.07, 6.45) is 0. The summed E-state index contributed by atoms with van der Waals surface area (Å²) in [4.78, 5) is 0. The molecule has 0 saturated carbocycles. The highest BCUT2D eigenvalue weighted by molar-refractivity contribution is 6.31. The van der Waals surface area contributed by atoms with Crippen LogP contribution in [-0.2, 0) is 7.05 Å². The number of hydrogen-bond acceptors (Lipinski definition) is 2. The van der Waals surface area contributed by atoms with Gasteiger partial charge in [-0.05, 0) is 18.2 Å². The first-order valence-electron chi connectivity index (χ1n) is 4.75. The second-order valence-electron chi connectivity index (χ2n) is 2.75. The fourth-order valence-corrected chi connectivity index (χ4v) is 1.47. The predicted octanol–water partition coefficient (Wildman–Crippen LogP) is 3.12. The van der Waals surface area contributed by atoms with Gasteiger partial charge in [-0.3, -0.25) is 4.68 Å². The lowest BCUT2D eigenvalue weighted by molar-refractivity contribution is 0.767. The summed E-state index contributed by atoms with van der Waals surface area (Å²) in [7, 11) is 1.74. The van der Waals surface area contributed by atoms with Gasteiger partial charge < -0.3 is 0 Å². The normalized spacial score (nSPS) is 9.27. The lowest BCUT2D eigenvalue weighted by Gasteiger charge is -1.88. The molecule has 1 aromatic heterocycles. The number of halogens is 1. The van der Waals surface area contributed by atoms with Gasteiger partial charge in [0.05, 0.1) is 5.52 Å². The zero-order valence-electron chi connectivity index (χ0n) is 8.95. The van der Waals surface area contributed by atoms with Gasteiger partial charge in [0, 0.05) is 17.5 Å². The molecule has 0 N–H and O–H groups in total. The predicted molar refractivity (Wildman–Crippen MR) is 61.8 cm³/mol. The summed E-state index contributed by atoms with van der Waals surface area (Å²) in [6, 6.07) is 7.41. The fourth-order valence-electron chi connectivity index (χ4n) is 1.31. The molecule has 0 fully saturated rings. The van der Waals surface area contributed by atoms with Crippen LogP contribution < -0.4 is 0 Å². The Morgan fingerprint density at radius 1 is 1.40 bits per heavy atom. The monoisotopic (exact) mass is 221 g/mol. The van der Waals surface area contributed by atoms with Gasteiger partial charge in [0.25, 0.3) is 0 Å². The maximum atomic E-state index is 8.83. The average molecular weight is 222 g/mol. The zero-order chi connectivity index (χ0) is 11.4. The van der Waals surface area contributed by atoms with Crippen molar-refractivity contribution in [3.05, 3.63) is 28.9 Å². The molecule has 0 atom stereocenters. The van der Waals surface area contributed by atoms with Crippen molar-refractivity contribution in [1.29, 1.82) is 5.26 Å². The van der Waals surface area contributed by atoms with E-state index < -0.39 is 0 Å². The molecule has 4 heteroatoms. The Bertz CT molecular complexity index is 508. The summed E-state index contributed by atoms with van der Waals surface area (Å²) in [5.41, 5.74) is 1.32. The van der Waals surface area contributed by atoms with Gasteiger partial charge >= 0.3 is 0 Å². The number of nitrogens with zero attached hydrogens (tertiary/aromatic N) is 3. The van der Waals surface area contributed by atoms with E-state index in [0.717, 1.165) is 10.9 Å². The molecule has 0 saturated heterocycles. The Hall–Kier alpha value is -1.53. The Morgan fingerprint density at radius 2 is 2.07 bits per heavy atom. The lowest BCUT2D eigenvalue weighted by Crippen LogP contribution is -1.92. The van der Waals surface area contributed by atoms with Crippen molar-refractivity contribution < 1.29 is 0 Å². The van der Waals surface area contributed by atoms with Crippen LogP contribution in [0.1, 0.15) is 19.5 Å². The third-order valence-electron chi connectivity index (χ3n) is 1.90.